The van der Waals surface area contributed by atoms with Crippen LogP contribution in [0.2, 0.25) is 0 Å². The molecule has 2 rings (SSSR count). The van der Waals surface area contributed by atoms with Gasteiger partial charge >= 0.3 is 12.0 Å². The van der Waals surface area contributed by atoms with Crippen molar-refractivity contribution in [3.05, 3.63) is 0 Å². The number of likely N-dealkylation sites (tertiary alicyclic amines) is 1. The van der Waals surface area contributed by atoms with Gasteiger partial charge in [0.2, 0.25) is 0 Å². The molecule has 1 aliphatic carbocycles. The lowest BCUT2D eigenvalue weighted by Gasteiger charge is -2.36. The molecule has 1 atom stereocenters. The molecule has 5 nitrogen and oxygen atoms in total. The first-order chi connectivity index (χ1) is 9.50. The third-order valence-corrected chi connectivity index (χ3v) is 4.78. The average molecular weight is 282 g/mol. The normalized spacial score (nSPS) is 25.4. The zero-order chi connectivity index (χ0) is 14.6. The van der Waals surface area contributed by atoms with Crippen LogP contribution in [0.15, 0.2) is 0 Å². The van der Waals surface area contributed by atoms with Crippen molar-refractivity contribution in [2.24, 2.45) is 5.41 Å². The van der Waals surface area contributed by atoms with Gasteiger partial charge in [-0.3, -0.25) is 4.79 Å². The maximum absolute atomic E-state index is 12.3. The van der Waals surface area contributed by atoms with E-state index in [4.69, 9.17) is 5.11 Å². The summed E-state index contributed by atoms with van der Waals surface area (Å²) in [6.45, 7) is 3.62. The van der Waals surface area contributed by atoms with Gasteiger partial charge in [-0.05, 0) is 37.5 Å². The van der Waals surface area contributed by atoms with Crippen LogP contribution in [0.5, 0.6) is 0 Å². The van der Waals surface area contributed by atoms with Crippen LogP contribution in [0.1, 0.15) is 58.3 Å². The minimum absolute atomic E-state index is 0.0602. The average Bonchev–Trinajstić information content (AvgIpc) is 2.83. The Morgan fingerprint density at radius 2 is 1.95 bits per heavy atom. The molecule has 1 saturated carbocycles. The molecule has 114 valence electrons. The smallest absolute Gasteiger partial charge is 0.317 e. The minimum atomic E-state index is -0.822. The molecular weight excluding hydrogens is 256 g/mol. The Bertz CT molecular complexity index is 364. The van der Waals surface area contributed by atoms with Crippen molar-refractivity contribution in [3.63, 3.8) is 0 Å². The van der Waals surface area contributed by atoms with E-state index in [1.807, 2.05) is 0 Å². The molecule has 0 aromatic rings. The summed E-state index contributed by atoms with van der Waals surface area (Å²) in [7, 11) is 0. The number of aliphatic carboxylic acids is 1. The van der Waals surface area contributed by atoms with Crippen molar-refractivity contribution in [2.45, 2.75) is 64.3 Å². The third kappa shape index (κ3) is 3.87. The molecule has 2 N–H and O–H groups in total. The van der Waals surface area contributed by atoms with Gasteiger partial charge in [0, 0.05) is 19.1 Å². The number of amides is 2. The van der Waals surface area contributed by atoms with Crippen LogP contribution in [0.25, 0.3) is 0 Å². The number of rotatable bonds is 4. The predicted molar refractivity (Wildman–Crippen MR) is 76.6 cm³/mol. The number of nitrogens with zero attached hydrogens (tertiary/aromatic N) is 1. The van der Waals surface area contributed by atoms with Crippen LogP contribution in [-0.2, 0) is 4.79 Å². The number of carbonyl (C=O) groups is 2. The van der Waals surface area contributed by atoms with Crippen LogP contribution in [0.3, 0.4) is 0 Å². The molecule has 1 aliphatic heterocycles. The molecule has 1 saturated heterocycles. The number of urea groups is 1. The van der Waals surface area contributed by atoms with Gasteiger partial charge in [-0.25, -0.2) is 4.79 Å². The minimum Gasteiger partial charge on any atom is -0.481 e. The molecule has 0 radical (unpaired) electrons. The number of hydrogen-bond acceptors (Lipinski definition) is 2. The first-order valence-corrected chi connectivity index (χ1v) is 7.76. The van der Waals surface area contributed by atoms with Crippen LogP contribution < -0.4 is 5.32 Å². The SMILES string of the molecule is CC1(CNC(=O)N2CCCCC2CC(=O)O)CCCC1. The van der Waals surface area contributed by atoms with Gasteiger partial charge in [-0.15, -0.1) is 0 Å². The third-order valence-electron chi connectivity index (χ3n) is 4.78. The lowest BCUT2D eigenvalue weighted by atomic mass is 9.89. The largest absolute Gasteiger partial charge is 0.481 e. The Morgan fingerprint density at radius 1 is 1.25 bits per heavy atom. The number of carbonyl (C=O) groups excluding carboxylic acids is 1. The highest BCUT2D eigenvalue weighted by atomic mass is 16.4. The van der Waals surface area contributed by atoms with Gasteiger partial charge in [-0.1, -0.05) is 19.8 Å². The highest BCUT2D eigenvalue weighted by molar-refractivity contribution is 5.76. The van der Waals surface area contributed by atoms with Gasteiger partial charge in [0.25, 0.3) is 0 Å². The Hall–Kier alpha value is -1.26. The van der Waals surface area contributed by atoms with Gasteiger partial charge in [0.1, 0.15) is 0 Å². The summed E-state index contributed by atoms with van der Waals surface area (Å²) in [5.74, 6) is -0.822. The van der Waals surface area contributed by atoms with E-state index in [1.54, 1.807) is 4.90 Å². The Balaban J connectivity index is 1.87. The molecule has 5 heteroatoms. The highest BCUT2D eigenvalue weighted by Crippen LogP contribution is 2.36. The molecule has 0 bridgehead atoms. The number of carboxylic acids is 1. The van der Waals surface area contributed by atoms with E-state index in [1.165, 1.54) is 25.7 Å². The second kappa shape index (κ2) is 6.46. The van der Waals surface area contributed by atoms with Crippen molar-refractivity contribution in [2.75, 3.05) is 13.1 Å². The van der Waals surface area contributed by atoms with Crippen molar-refractivity contribution in [1.82, 2.24) is 10.2 Å². The summed E-state index contributed by atoms with van der Waals surface area (Å²) in [4.78, 5) is 24.9. The van der Waals surface area contributed by atoms with Crippen molar-refractivity contribution < 1.29 is 14.7 Å². The van der Waals surface area contributed by atoms with E-state index in [0.29, 0.717) is 13.1 Å². The Kier molecular flexibility index (Phi) is 4.89. The lowest BCUT2D eigenvalue weighted by molar-refractivity contribution is -0.138. The van der Waals surface area contributed by atoms with E-state index in [0.717, 1.165) is 19.3 Å². The van der Waals surface area contributed by atoms with Crippen molar-refractivity contribution in [3.8, 4) is 0 Å². The maximum atomic E-state index is 12.3. The summed E-state index contributed by atoms with van der Waals surface area (Å²) >= 11 is 0. The molecule has 2 fully saturated rings. The second-order valence-electron chi connectivity index (χ2n) is 6.62. The number of hydrogen-bond donors (Lipinski definition) is 2. The first-order valence-electron chi connectivity index (χ1n) is 7.76. The zero-order valence-electron chi connectivity index (χ0n) is 12.4. The highest BCUT2D eigenvalue weighted by Gasteiger charge is 2.32. The fraction of sp³-hybridized carbons (Fsp3) is 0.867. The molecule has 0 spiro atoms. The topological polar surface area (TPSA) is 69.6 Å². The first kappa shape index (κ1) is 15.1. The molecule has 0 aromatic carbocycles. The predicted octanol–water partition coefficient (Wildman–Crippen LogP) is 2.61. The molecule has 1 unspecified atom stereocenters. The molecule has 2 amide bonds. The van der Waals surface area contributed by atoms with Crippen LogP contribution >= 0.6 is 0 Å². The van der Waals surface area contributed by atoms with E-state index < -0.39 is 5.97 Å². The van der Waals surface area contributed by atoms with Crippen LogP contribution in [0.4, 0.5) is 4.79 Å². The Morgan fingerprint density at radius 3 is 2.60 bits per heavy atom. The maximum Gasteiger partial charge on any atom is 0.317 e. The van der Waals surface area contributed by atoms with Crippen LogP contribution in [0, 0.1) is 5.41 Å². The number of nitrogens with one attached hydrogen (secondary N) is 1. The number of carboxylic acid groups (broad SMARTS) is 1. The van der Waals surface area contributed by atoms with Gasteiger partial charge < -0.3 is 15.3 Å². The molecule has 0 aromatic heterocycles. The molecule has 1 heterocycles. The van der Waals surface area contributed by atoms with Crippen molar-refractivity contribution >= 4 is 12.0 Å². The fourth-order valence-electron chi connectivity index (χ4n) is 3.48. The summed E-state index contributed by atoms with van der Waals surface area (Å²) in [5.41, 5.74) is 0.230. The van der Waals surface area contributed by atoms with E-state index >= 15 is 0 Å². The van der Waals surface area contributed by atoms with Crippen molar-refractivity contribution in [1.29, 1.82) is 0 Å². The van der Waals surface area contributed by atoms with Gasteiger partial charge in [0.15, 0.2) is 0 Å². The summed E-state index contributed by atoms with van der Waals surface area (Å²) in [6, 6.07) is -0.221. The zero-order valence-corrected chi connectivity index (χ0v) is 12.4. The molecule has 20 heavy (non-hydrogen) atoms. The molecule has 2 aliphatic rings. The fourth-order valence-corrected chi connectivity index (χ4v) is 3.48. The van der Waals surface area contributed by atoms with Gasteiger partial charge in [-0.2, -0.15) is 0 Å². The number of piperidine rings is 1. The van der Waals surface area contributed by atoms with Crippen LogP contribution in [-0.4, -0.2) is 41.1 Å². The van der Waals surface area contributed by atoms with E-state index in [-0.39, 0.29) is 23.9 Å². The Labute approximate surface area is 120 Å². The monoisotopic (exact) mass is 282 g/mol. The summed E-state index contributed by atoms with van der Waals surface area (Å²) < 4.78 is 0. The lowest BCUT2D eigenvalue weighted by Crippen LogP contribution is -2.50. The summed E-state index contributed by atoms with van der Waals surface area (Å²) in [5, 5.41) is 12.0. The van der Waals surface area contributed by atoms with E-state index in [9.17, 15) is 9.59 Å². The quantitative estimate of drug-likeness (QED) is 0.832. The standard InChI is InChI=1S/C15H26N2O3/c1-15(7-3-4-8-15)11-16-14(20)17-9-5-2-6-12(17)10-13(18)19/h12H,2-11H2,1H3,(H,16,20)(H,18,19). The van der Waals surface area contributed by atoms with E-state index in [2.05, 4.69) is 12.2 Å². The molecular formula is C15H26N2O3. The summed E-state index contributed by atoms with van der Waals surface area (Å²) in [6.07, 6.45) is 7.69. The second-order valence-corrected chi connectivity index (χ2v) is 6.62. The van der Waals surface area contributed by atoms with Gasteiger partial charge in [0.05, 0.1) is 6.42 Å².